The minimum absolute atomic E-state index is 0.0691. The molecule has 47 heavy (non-hydrogen) atoms. The Kier molecular flexibility index (Phi) is 11.0. The van der Waals surface area contributed by atoms with E-state index in [2.05, 4.69) is 10.1 Å². The molecular weight excluding hydrogens is 639 g/mol. The molecule has 0 bridgehead atoms. The van der Waals surface area contributed by atoms with Gasteiger partial charge in [-0.3, -0.25) is 19.2 Å². The summed E-state index contributed by atoms with van der Waals surface area (Å²) < 4.78 is 67.1. The lowest BCUT2D eigenvalue weighted by molar-refractivity contribution is -0.275. The first kappa shape index (κ1) is 35.1. The molecule has 1 aliphatic carbocycles. The van der Waals surface area contributed by atoms with Crippen LogP contribution in [-0.4, -0.2) is 56.1 Å². The topological polar surface area (TPSA) is 144 Å². The Balaban J connectivity index is 1.70. The average molecular weight is 672 g/mol. The molecule has 0 heterocycles. The summed E-state index contributed by atoms with van der Waals surface area (Å²) in [5, 5.41) is 11.2. The van der Waals surface area contributed by atoms with Gasteiger partial charge in [-0.2, -0.15) is 0 Å². The maximum absolute atomic E-state index is 13.8. The zero-order valence-corrected chi connectivity index (χ0v) is 26.1. The minimum atomic E-state index is -5.18. The van der Waals surface area contributed by atoms with Gasteiger partial charge in [0, 0.05) is 35.1 Å². The highest BCUT2D eigenvalue weighted by molar-refractivity contribution is 7.90. The number of amides is 1. The Morgan fingerprint density at radius 3 is 2.02 bits per heavy atom. The molecule has 9 nitrogen and oxygen atoms in total. The zero-order valence-electron chi connectivity index (χ0n) is 25.3. The Hall–Kier alpha value is -4.78. The van der Waals surface area contributed by atoms with Crippen molar-refractivity contribution in [2.45, 2.75) is 55.7 Å². The fraction of sp³-hybridized carbons (Fsp3) is 0.294. The molecule has 1 amide bonds. The Morgan fingerprint density at radius 1 is 0.872 bits per heavy atom. The monoisotopic (exact) mass is 671 g/mol. The Bertz CT molecular complexity index is 1790. The van der Waals surface area contributed by atoms with Crippen LogP contribution in [0, 0.1) is 0 Å². The van der Waals surface area contributed by atoms with E-state index < -0.39 is 50.3 Å². The summed E-state index contributed by atoms with van der Waals surface area (Å²) in [6.07, 6.45) is 1.69. The van der Waals surface area contributed by atoms with Crippen LogP contribution in [0.15, 0.2) is 77.7 Å². The normalized spacial score (nSPS) is 14.3. The first-order chi connectivity index (χ1) is 22.1. The number of nitrogens with one attached hydrogen (secondary N) is 1. The summed E-state index contributed by atoms with van der Waals surface area (Å²) >= 11 is 0. The predicted octanol–water partition coefficient (Wildman–Crippen LogP) is 6.39. The van der Waals surface area contributed by atoms with Gasteiger partial charge in [0.05, 0.1) is 6.42 Å². The van der Waals surface area contributed by atoms with Crippen molar-refractivity contribution in [1.29, 1.82) is 0 Å². The van der Waals surface area contributed by atoms with Crippen molar-refractivity contribution in [2.75, 3.05) is 12.8 Å². The van der Waals surface area contributed by atoms with Crippen molar-refractivity contribution >= 4 is 38.9 Å². The van der Waals surface area contributed by atoms with Crippen LogP contribution in [0.25, 0.3) is 5.57 Å². The van der Waals surface area contributed by atoms with E-state index in [0.29, 0.717) is 17.7 Å². The second kappa shape index (κ2) is 14.8. The van der Waals surface area contributed by atoms with Gasteiger partial charge in [0.1, 0.15) is 10.6 Å². The maximum Gasteiger partial charge on any atom is 0.573 e. The Labute approximate surface area is 269 Å². The molecule has 1 aliphatic rings. The molecule has 0 atom stereocenters. The van der Waals surface area contributed by atoms with Gasteiger partial charge in [-0.1, -0.05) is 55.7 Å². The van der Waals surface area contributed by atoms with Gasteiger partial charge in [-0.25, -0.2) is 8.42 Å². The summed E-state index contributed by atoms with van der Waals surface area (Å²) in [6.45, 7) is -0.0922. The number of hydrogen-bond donors (Lipinski definition) is 2. The fourth-order valence-electron chi connectivity index (χ4n) is 5.34. The summed E-state index contributed by atoms with van der Waals surface area (Å²) in [5.74, 6) is -3.71. The van der Waals surface area contributed by atoms with Crippen LogP contribution in [-0.2, 0) is 14.6 Å². The molecule has 13 heteroatoms. The van der Waals surface area contributed by atoms with Gasteiger partial charge < -0.3 is 15.2 Å². The molecule has 1 saturated carbocycles. The number of Topliss-reactive ketones (excluding diaryl/α,β-unsaturated/α-hetero) is 1. The van der Waals surface area contributed by atoms with Crippen LogP contribution in [0.4, 0.5) is 13.2 Å². The lowest BCUT2D eigenvalue weighted by atomic mass is 9.83. The molecule has 2 N–H and O–H groups in total. The number of hydrogen-bond acceptors (Lipinski definition) is 7. The molecule has 0 aliphatic heterocycles. The Morgan fingerprint density at radius 2 is 1.45 bits per heavy atom. The summed E-state index contributed by atoms with van der Waals surface area (Å²) in [5.41, 5.74) is 1.37. The van der Waals surface area contributed by atoms with E-state index in [1.54, 1.807) is 12.1 Å². The van der Waals surface area contributed by atoms with Gasteiger partial charge in [0.2, 0.25) is 0 Å². The van der Waals surface area contributed by atoms with E-state index in [1.165, 1.54) is 30.7 Å². The smallest absolute Gasteiger partial charge is 0.481 e. The third kappa shape index (κ3) is 9.61. The number of carbonyl (C=O) groups is 4. The van der Waals surface area contributed by atoms with Crippen molar-refractivity contribution in [1.82, 2.24) is 5.32 Å². The molecule has 0 radical (unpaired) electrons. The van der Waals surface area contributed by atoms with Crippen molar-refractivity contribution in [3.05, 3.63) is 101 Å². The van der Waals surface area contributed by atoms with Crippen LogP contribution in [0.1, 0.15) is 86.6 Å². The second-order valence-electron chi connectivity index (χ2n) is 11.2. The third-order valence-corrected chi connectivity index (χ3v) is 8.82. The number of allylic oxidation sites excluding steroid dienone is 2. The molecule has 248 valence electrons. The summed E-state index contributed by atoms with van der Waals surface area (Å²) in [4.78, 5) is 49.5. The van der Waals surface area contributed by atoms with E-state index in [0.717, 1.165) is 55.5 Å². The number of ether oxygens (including phenoxy) is 1. The molecular formula is C34H32F3NO8S. The van der Waals surface area contributed by atoms with E-state index in [9.17, 15) is 40.8 Å². The van der Waals surface area contributed by atoms with Gasteiger partial charge in [0.15, 0.2) is 21.4 Å². The minimum Gasteiger partial charge on any atom is -0.481 e. The molecule has 0 spiro atoms. The number of benzene rings is 3. The lowest BCUT2D eigenvalue weighted by Gasteiger charge is -2.22. The fourth-order valence-corrected chi connectivity index (χ4v) is 6.15. The van der Waals surface area contributed by atoms with Gasteiger partial charge in [-0.05, 0) is 66.3 Å². The van der Waals surface area contributed by atoms with Crippen molar-refractivity contribution in [2.24, 2.45) is 0 Å². The maximum atomic E-state index is 13.8. The van der Waals surface area contributed by atoms with Crippen LogP contribution in [0.3, 0.4) is 0 Å². The number of carboxylic acids is 1. The number of alkyl halides is 3. The van der Waals surface area contributed by atoms with E-state index in [1.807, 2.05) is 12.1 Å². The molecule has 4 rings (SSSR count). The first-order valence-corrected chi connectivity index (χ1v) is 16.6. The van der Waals surface area contributed by atoms with E-state index in [-0.39, 0.29) is 35.2 Å². The number of carbonyl (C=O) groups excluding carboxylic acids is 3. The van der Waals surface area contributed by atoms with E-state index in [4.69, 9.17) is 5.11 Å². The number of sulfone groups is 1. The summed E-state index contributed by atoms with van der Waals surface area (Å²) in [7, 11) is -4.27. The van der Waals surface area contributed by atoms with Crippen LogP contribution in [0.2, 0.25) is 0 Å². The number of carboxylic acid groups (broad SMARTS) is 1. The highest BCUT2D eigenvalue weighted by atomic mass is 32.2. The highest BCUT2D eigenvalue weighted by Crippen LogP contribution is 2.34. The quantitative estimate of drug-likeness (QED) is 0.167. The predicted molar refractivity (Wildman–Crippen MR) is 166 cm³/mol. The number of ketones is 2. The van der Waals surface area contributed by atoms with Crippen LogP contribution in [0.5, 0.6) is 5.75 Å². The van der Waals surface area contributed by atoms with Gasteiger partial charge >= 0.3 is 12.3 Å². The molecule has 3 aromatic rings. The van der Waals surface area contributed by atoms with Gasteiger partial charge in [-0.15, -0.1) is 13.2 Å². The molecule has 0 unspecified atom stereocenters. The standard InChI is InChI=1S/C34H32F3NO8S/c1-47(44,45)30-19-26(15-16-29(30)46-34(35,36)37)28(39)20-27(23-9-7-22(8-10-23)21-5-3-2-4-6-21)32(42)24-11-13-25(14-12-24)33(43)38-18-17-31(40)41/h7-16,19-21H,2-6,17-18H2,1H3,(H,38,43)(H,40,41)/b27-20-. The van der Waals surface area contributed by atoms with Gasteiger partial charge in [0.25, 0.3) is 5.91 Å². The number of rotatable bonds is 12. The molecule has 0 saturated heterocycles. The van der Waals surface area contributed by atoms with Crippen LogP contribution >= 0.6 is 0 Å². The number of halogens is 3. The average Bonchev–Trinajstić information content (AvgIpc) is 3.02. The van der Waals surface area contributed by atoms with Crippen molar-refractivity contribution in [3.63, 3.8) is 0 Å². The second-order valence-corrected chi connectivity index (χ2v) is 13.2. The largest absolute Gasteiger partial charge is 0.573 e. The molecule has 1 fully saturated rings. The van der Waals surface area contributed by atoms with Crippen molar-refractivity contribution < 1.29 is 50.6 Å². The SMILES string of the molecule is CS(=O)(=O)c1cc(C(=O)/C=C(\C(=O)c2ccc(C(=O)NCCC(=O)O)cc2)c2ccc(C3CCCCC3)cc2)ccc1OC(F)(F)F. The highest BCUT2D eigenvalue weighted by Gasteiger charge is 2.34. The van der Waals surface area contributed by atoms with E-state index >= 15 is 0 Å². The first-order valence-electron chi connectivity index (χ1n) is 14.7. The molecule has 3 aromatic carbocycles. The zero-order chi connectivity index (χ0) is 34.4. The summed E-state index contributed by atoms with van der Waals surface area (Å²) in [6, 6.07) is 15.1. The van der Waals surface area contributed by atoms with Crippen molar-refractivity contribution in [3.8, 4) is 5.75 Å². The molecule has 0 aromatic heterocycles. The third-order valence-electron chi connectivity index (χ3n) is 7.71. The lowest BCUT2D eigenvalue weighted by Crippen LogP contribution is -2.26. The van der Waals surface area contributed by atoms with Crippen LogP contribution < -0.4 is 10.1 Å². The number of aliphatic carboxylic acids is 1.